The Kier molecular flexibility index (Phi) is 11.3. The Bertz CT molecular complexity index is 1540. The molecule has 2 aromatic heterocycles. The third-order valence-corrected chi connectivity index (χ3v) is 17.2. The Morgan fingerprint density at radius 2 is 1.62 bits per heavy atom. The van der Waals surface area contributed by atoms with E-state index < -0.39 is 8.32 Å². The molecule has 2 aliphatic carbocycles. The third kappa shape index (κ3) is 8.59. The van der Waals surface area contributed by atoms with Crippen LogP contribution >= 0.6 is 11.3 Å². The van der Waals surface area contributed by atoms with E-state index in [-0.39, 0.29) is 28.4 Å². The molecule has 0 atom stereocenters. The molecule has 262 valence electrons. The van der Waals surface area contributed by atoms with E-state index in [0.29, 0.717) is 11.8 Å². The summed E-state index contributed by atoms with van der Waals surface area (Å²) in [6.45, 7) is 21.0. The second-order valence-corrected chi connectivity index (χ2v) is 22.7. The molecule has 0 radical (unpaired) electrons. The first-order chi connectivity index (χ1) is 22.6. The highest BCUT2D eigenvalue weighted by atomic mass is 32.1. The summed E-state index contributed by atoms with van der Waals surface area (Å²) in [5, 5.41) is 1.30. The van der Waals surface area contributed by atoms with Gasteiger partial charge in [0.15, 0.2) is 8.32 Å². The standard InChI is InChI=1S/C40H59N3O3SSi/c1-27-23-31(17-20-34(27)45-8)29-13-11-28(12-14-29)26-43(36-24-32(21-22-41-36)35-25-42-38(47-35)39(2,3)4)37(44)30-15-18-33(19-16-30)46-48(9,10)40(5,6)7/h17,20-25,28-30,33H,11-16,18-19,26H2,1-10H3/t28-,29-,30-,33-. The van der Waals surface area contributed by atoms with Gasteiger partial charge in [0.05, 0.1) is 17.0 Å². The van der Waals surface area contributed by atoms with Crippen LogP contribution < -0.4 is 9.64 Å². The molecule has 5 rings (SSSR count). The lowest BCUT2D eigenvalue weighted by Gasteiger charge is -2.41. The van der Waals surface area contributed by atoms with Crippen molar-refractivity contribution in [2.45, 2.75) is 135 Å². The first-order valence-corrected chi connectivity index (χ1v) is 21.8. The first kappa shape index (κ1) is 36.7. The maximum Gasteiger partial charge on any atom is 0.231 e. The number of thiazole rings is 1. The van der Waals surface area contributed by atoms with Crippen LogP contribution in [0.25, 0.3) is 10.4 Å². The van der Waals surface area contributed by atoms with Crippen LogP contribution in [0.4, 0.5) is 5.82 Å². The number of pyridine rings is 1. The number of aromatic nitrogens is 2. The van der Waals surface area contributed by atoms with Crippen molar-refractivity contribution in [2.75, 3.05) is 18.6 Å². The average Bonchev–Trinajstić information content (AvgIpc) is 3.55. The largest absolute Gasteiger partial charge is 0.496 e. The fraction of sp³-hybridized carbons (Fsp3) is 0.625. The fourth-order valence-electron chi connectivity index (χ4n) is 7.10. The lowest BCUT2D eigenvalue weighted by atomic mass is 9.78. The topological polar surface area (TPSA) is 64.5 Å². The molecule has 8 heteroatoms. The summed E-state index contributed by atoms with van der Waals surface area (Å²) < 4.78 is 12.3. The van der Waals surface area contributed by atoms with E-state index in [2.05, 4.69) is 96.8 Å². The van der Waals surface area contributed by atoms with Gasteiger partial charge in [-0.15, -0.1) is 11.3 Å². The van der Waals surface area contributed by atoms with Crippen molar-refractivity contribution < 1.29 is 14.0 Å². The summed E-state index contributed by atoms with van der Waals surface area (Å²) in [6, 6.07) is 10.8. The third-order valence-electron chi connectivity index (χ3n) is 11.2. The molecule has 0 bridgehead atoms. The molecule has 0 unspecified atom stereocenters. The molecule has 3 aromatic rings. The van der Waals surface area contributed by atoms with Crippen LogP contribution in [0.3, 0.4) is 0 Å². The molecule has 2 heterocycles. The van der Waals surface area contributed by atoms with Gasteiger partial charge in [-0.2, -0.15) is 0 Å². The monoisotopic (exact) mass is 689 g/mol. The Morgan fingerprint density at radius 3 is 2.21 bits per heavy atom. The van der Waals surface area contributed by atoms with Gasteiger partial charge >= 0.3 is 0 Å². The summed E-state index contributed by atoms with van der Waals surface area (Å²) in [5.74, 6) is 2.96. The van der Waals surface area contributed by atoms with Crippen LogP contribution in [0, 0.1) is 18.8 Å². The van der Waals surface area contributed by atoms with Crippen LogP contribution in [0.5, 0.6) is 5.75 Å². The van der Waals surface area contributed by atoms with E-state index in [0.717, 1.165) is 84.9 Å². The van der Waals surface area contributed by atoms with Gasteiger partial charge in [-0.25, -0.2) is 9.97 Å². The van der Waals surface area contributed by atoms with Crippen LogP contribution in [-0.2, 0) is 14.6 Å². The molecule has 2 fully saturated rings. The molecule has 0 N–H and O–H groups in total. The van der Waals surface area contributed by atoms with E-state index in [1.54, 1.807) is 18.4 Å². The number of aryl methyl sites for hydroxylation is 1. The number of hydrogen-bond donors (Lipinski definition) is 0. The number of carbonyl (C=O) groups excluding carboxylic acids is 1. The molecule has 0 spiro atoms. The van der Waals surface area contributed by atoms with E-state index in [1.165, 1.54) is 11.1 Å². The second-order valence-electron chi connectivity index (χ2n) is 16.9. The molecule has 6 nitrogen and oxygen atoms in total. The molecule has 2 aliphatic rings. The molecule has 1 aromatic carbocycles. The van der Waals surface area contributed by atoms with Crippen LogP contribution in [0.1, 0.15) is 115 Å². The summed E-state index contributed by atoms with van der Waals surface area (Å²) in [7, 11) is -0.112. The summed E-state index contributed by atoms with van der Waals surface area (Å²) in [4.78, 5) is 27.3. The number of nitrogens with zero attached hydrogens (tertiary/aromatic N) is 3. The quantitative estimate of drug-likeness (QED) is 0.209. The molecule has 48 heavy (non-hydrogen) atoms. The second kappa shape index (κ2) is 14.7. The minimum Gasteiger partial charge on any atom is -0.496 e. The molecule has 0 saturated heterocycles. The lowest BCUT2D eigenvalue weighted by molar-refractivity contribution is -0.124. The highest BCUT2D eigenvalue weighted by molar-refractivity contribution is 7.15. The zero-order valence-electron chi connectivity index (χ0n) is 31.2. The first-order valence-electron chi connectivity index (χ1n) is 18.1. The number of ether oxygens (including phenoxy) is 1. The molecular weight excluding hydrogens is 631 g/mol. The zero-order chi connectivity index (χ0) is 34.9. The molecule has 0 aliphatic heterocycles. The predicted octanol–water partition coefficient (Wildman–Crippen LogP) is 10.7. The predicted molar refractivity (Wildman–Crippen MR) is 203 cm³/mol. The van der Waals surface area contributed by atoms with Crippen LogP contribution in [-0.4, -0.2) is 44.0 Å². The van der Waals surface area contributed by atoms with Gasteiger partial charge in [0.1, 0.15) is 11.6 Å². The fourth-order valence-corrected chi connectivity index (χ4v) is 9.50. The van der Waals surface area contributed by atoms with Crippen molar-refractivity contribution in [3.63, 3.8) is 0 Å². The van der Waals surface area contributed by atoms with E-state index in [4.69, 9.17) is 19.1 Å². The van der Waals surface area contributed by atoms with Crippen molar-refractivity contribution in [1.82, 2.24) is 9.97 Å². The Hall–Kier alpha value is -2.55. The van der Waals surface area contributed by atoms with Crippen molar-refractivity contribution in [3.05, 3.63) is 58.9 Å². The zero-order valence-corrected chi connectivity index (χ0v) is 33.0. The lowest BCUT2D eigenvalue weighted by Crippen LogP contribution is -2.46. The normalized spacial score (nSPS) is 22.4. The highest BCUT2D eigenvalue weighted by Gasteiger charge is 2.41. The summed E-state index contributed by atoms with van der Waals surface area (Å²) in [6.07, 6.45) is 12.2. The Balaban J connectivity index is 1.33. The molecule has 1 amide bonds. The molecular formula is C40H59N3O3SSi. The summed E-state index contributed by atoms with van der Waals surface area (Å²) >= 11 is 1.73. The number of methoxy groups -OCH3 is 1. The Morgan fingerprint density at radius 1 is 0.938 bits per heavy atom. The van der Waals surface area contributed by atoms with Gasteiger partial charge in [0.25, 0.3) is 0 Å². The Labute approximate surface area is 295 Å². The minimum absolute atomic E-state index is 0.00270. The van der Waals surface area contributed by atoms with Gasteiger partial charge < -0.3 is 9.16 Å². The van der Waals surface area contributed by atoms with E-state index in [9.17, 15) is 4.79 Å². The smallest absolute Gasteiger partial charge is 0.231 e. The van der Waals surface area contributed by atoms with Crippen molar-refractivity contribution in [2.24, 2.45) is 11.8 Å². The maximum absolute atomic E-state index is 14.5. The molecule has 2 saturated carbocycles. The average molecular weight is 690 g/mol. The number of hydrogen-bond acceptors (Lipinski definition) is 6. The number of carbonyl (C=O) groups is 1. The SMILES string of the molecule is COc1ccc([C@H]2CC[C@H](CN(c3cc(-c4cnc(C(C)(C)C)s4)ccn3)C(=O)[C@H]3CC[C@H](O[Si](C)(C)C(C)(C)C)CC3)CC2)cc1C. The maximum atomic E-state index is 14.5. The number of amides is 1. The number of benzene rings is 1. The summed E-state index contributed by atoms with van der Waals surface area (Å²) in [5.41, 5.74) is 3.68. The van der Waals surface area contributed by atoms with Gasteiger partial charge in [-0.05, 0) is 123 Å². The van der Waals surface area contributed by atoms with Gasteiger partial charge in [-0.1, -0.05) is 53.7 Å². The minimum atomic E-state index is -1.85. The van der Waals surface area contributed by atoms with Gasteiger partial charge in [0, 0.05) is 36.4 Å². The van der Waals surface area contributed by atoms with E-state index >= 15 is 0 Å². The van der Waals surface area contributed by atoms with Crippen LogP contribution in [0.2, 0.25) is 18.1 Å². The highest BCUT2D eigenvalue weighted by Crippen LogP contribution is 2.42. The number of anilines is 1. The van der Waals surface area contributed by atoms with Gasteiger partial charge in [-0.3, -0.25) is 9.69 Å². The van der Waals surface area contributed by atoms with Gasteiger partial charge in [0.2, 0.25) is 5.91 Å². The van der Waals surface area contributed by atoms with Crippen LogP contribution in [0.15, 0.2) is 42.7 Å². The van der Waals surface area contributed by atoms with Crippen molar-refractivity contribution >= 4 is 31.4 Å². The van der Waals surface area contributed by atoms with E-state index in [1.807, 2.05) is 12.4 Å². The van der Waals surface area contributed by atoms with Crippen molar-refractivity contribution in [1.29, 1.82) is 0 Å². The number of rotatable bonds is 9. The van der Waals surface area contributed by atoms with Crippen molar-refractivity contribution in [3.8, 4) is 16.2 Å².